The number of carbonyl (C=O) groups is 2. The second kappa shape index (κ2) is 7.59. The van der Waals surface area contributed by atoms with Gasteiger partial charge in [-0.25, -0.2) is 0 Å². The first-order valence-electron chi connectivity index (χ1n) is 6.27. The summed E-state index contributed by atoms with van der Waals surface area (Å²) < 4.78 is 0. The molecule has 0 aliphatic carbocycles. The fourth-order valence-electron chi connectivity index (χ4n) is 2.15. The average Bonchev–Trinajstić information content (AvgIpc) is 2.64. The molecule has 0 bridgehead atoms. The Kier molecular flexibility index (Phi) is 7.25. The molecule has 0 saturated carbocycles. The maximum absolute atomic E-state index is 12.1. The molecule has 1 heterocycles. The van der Waals surface area contributed by atoms with Crippen LogP contribution in [0.5, 0.6) is 0 Å². The van der Waals surface area contributed by atoms with Gasteiger partial charge in [0.05, 0.1) is 0 Å². The minimum absolute atomic E-state index is 0. The van der Waals surface area contributed by atoms with Crippen LogP contribution in [-0.4, -0.2) is 41.9 Å². The summed E-state index contributed by atoms with van der Waals surface area (Å²) in [6.45, 7) is 6.88. The molecule has 0 aromatic rings. The summed E-state index contributed by atoms with van der Waals surface area (Å²) >= 11 is 0. The van der Waals surface area contributed by atoms with Crippen molar-refractivity contribution in [3.63, 3.8) is 0 Å². The van der Waals surface area contributed by atoms with E-state index in [4.69, 9.17) is 5.73 Å². The van der Waals surface area contributed by atoms with Gasteiger partial charge in [0.2, 0.25) is 11.8 Å². The summed E-state index contributed by atoms with van der Waals surface area (Å²) in [5.41, 5.74) is 5.48. The molecule has 1 aliphatic heterocycles. The van der Waals surface area contributed by atoms with E-state index < -0.39 is 0 Å². The third-order valence-corrected chi connectivity index (χ3v) is 3.09. The van der Waals surface area contributed by atoms with E-state index in [0.29, 0.717) is 19.5 Å². The molecule has 0 spiro atoms. The molecule has 1 fully saturated rings. The molecule has 5 nitrogen and oxygen atoms in total. The molecule has 1 saturated heterocycles. The molecule has 2 atom stereocenters. The first kappa shape index (κ1) is 17.2. The third kappa shape index (κ3) is 4.14. The molecule has 0 aromatic heterocycles. The normalized spacial score (nSPS) is 18.5. The van der Waals surface area contributed by atoms with Gasteiger partial charge in [-0.15, -0.1) is 12.4 Å². The first-order chi connectivity index (χ1) is 7.97. The summed E-state index contributed by atoms with van der Waals surface area (Å²) in [5, 5.41) is 2.85. The van der Waals surface area contributed by atoms with Crippen molar-refractivity contribution in [1.82, 2.24) is 10.2 Å². The van der Waals surface area contributed by atoms with Gasteiger partial charge in [-0.05, 0) is 19.3 Å². The number of hydrogen-bond donors (Lipinski definition) is 2. The summed E-state index contributed by atoms with van der Waals surface area (Å²) in [4.78, 5) is 25.5. The quantitative estimate of drug-likeness (QED) is 0.769. The van der Waals surface area contributed by atoms with Crippen molar-refractivity contribution < 1.29 is 9.59 Å². The standard InChI is InChI=1S/C12H23N3O2.ClH/c1-8(2)11(12(17)14-9(3)7-13)15-6-4-5-10(15)16;/h8-9,11H,4-7,13H2,1-3H3,(H,14,17);1H/t9-,11?;/m0./s1. The highest BCUT2D eigenvalue weighted by Crippen LogP contribution is 2.19. The van der Waals surface area contributed by atoms with E-state index in [9.17, 15) is 9.59 Å². The van der Waals surface area contributed by atoms with Gasteiger partial charge >= 0.3 is 0 Å². The molecule has 0 aromatic carbocycles. The van der Waals surface area contributed by atoms with Crippen LogP contribution in [0.2, 0.25) is 0 Å². The summed E-state index contributed by atoms with van der Waals surface area (Å²) in [6, 6.07) is -0.416. The molecular formula is C12H24ClN3O2. The number of hydrogen-bond acceptors (Lipinski definition) is 3. The fraction of sp³-hybridized carbons (Fsp3) is 0.833. The van der Waals surface area contributed by atoms with E-state index in [0.717, 1.165) is 6.42 Å². The maximum atomic E-state index is 12.1. The Morgan fingerprint density at radius 1 is 1.44 bits per heavy atom. The molecule has 6 heteroatoms. The van der Waals surface area contributed by atoms with Gasteiger partial charge in [-0.2, -0.15) is 0 Å². The molecule has 1 aliphatic rings. The van der Waals surface area contributed by atoms with Crippen LogP contribution in [0.1, 0.15) is 33.6 Å². The van der Waals surface area contributed by atoms with E-state index >= 15 is 0 Å². The highest BCUT2D eigenvalue weighted by Gasteiger charge is 2.35. The molecule has 3 N–H and O–H groups in total. The Balaban J connectivity index is 0.00000289. The lowest BCUT2D eigenvalue weighted by atomic mass is 10.0. The van der Waals surface area contributed by atoms with Gasteiger partial charge in [0.25, 0.3) is 0 Å². The van der Waals surface area contributed by atoms with Crippen LogP contribution in [0.15, 0.2) is 0 Å². The van der Waals surface area contributed by atoms with Gasteiger partial charge in [0.1, 0.15) is 6.04 Å². The number of nitrogens with one attached hydrogen (secondary N) is 1. The van der Waals surface area contributed by atoms with Gasteiger partial charge in [0, 0.05) is 25.6 Å². The van der Waals surface area contributed by atoms with Gasteiger partial charge in [0.15, 0.2) is 0 Å². The minimum atomic E-state index is -0.362. The Hall–Kier alpha value is -0.810. The monoisotopic (exact) mass is 277 g/mol. The van der Waals surface area contributed by atoms with E-state index in [-0.39, 0.29) is 42.2 Å². The number of carbonyl (C=O) groups excluding carboxylic acids is 2. The largest absolute Gasteiger partial charge is 0.351 e. The second-order valence-corrected chi connectivity index (χ2v) is 5.02. The zero-order chi connectivity index (χ0) is 13.0. The Morgan fingerprint density at radius 2 is 2.06 bits per heavy atom. The zero-order valence-corrected chi connectivity index (χ0v) is 12.1. The Labute approximate surface area is 115 Å². The average molecular weight is 278 g/mol. The van der Waals surface area contributed by atoms with Crippen LogP contribution in [0.25, 0.3) is 0 Å². The van der Waals surface area contributed by atoms with E-state index in [1.54, 1.807) is 4.90 Å². The summed E-state index contributed by atoms with van der Waals surface area (Å²) in [7, 11) is 0. The van der Waals surface area contributed by atoms with E-state index in [2.05, 4.69) is 5.32 Å². The lowest BCUT2D eigenvalue weighted by Gasteiger charge is -2.30. The lowest BCUT2D eigenvalue weighted by molar-refractivity contribution is -0.139. The van der Waals surface area contributed by atoms with Crippen molar-refractivity contribution in [3.05, 3.63) is 0 Å². The topological polar surface area (TPSA) is 75.4 Å². The van der Waals surface area contributed by atoms with Gasteiger partial charge in [-0.1, -0.05) is 13.8 Å². The van der Waals surface area contributed by atoms with Crippen molar-refractivity contribution in [2.45, 2.75) is 45.7 Å². The van der Waals surface area contributed by atoms with Crippen LogP contribution < -0.4 is 11.1 Å². The lowest BCUT2D eigenvalue weighted by Crippen LogP contribution is -2.53. The fourth-order valence-corrected chi connectivity index (χ4v) is 2.15. The molecule has 2 amide bonds. The van der Waals surface area contributed by atoms with Crippen molar-refractivity contribution in [2.24, 2.45) is 11.7 Å². The molecule has 18 heavy (non-hydrogen) atoms. The maximum Gasteiger partial charge on any atom is 0.243 e. The molecular weight excluding hydrogens is 254 g/mol. The van der Waals surface area contributed by atoms with Gasteiger partial charge in [-0.3, -0.25) is 9.59 Å². The highest BCUT2D eigenvalue weighted by molar-refractivity contribution is 5.88. The minimum Gasteiger partial charge on any atom is -0.351 e. The predicted octanol–water partition coefficient (Wildman–Crippen LogP) is 0.519. The number of rotatable bonds is 5. The van der Waals surface area contributed by atoms with Crippen LogP contribution >= 0.6 is 12.4 Å². The Bertz CT molecular complexity index is 297. The molecule has 106 valence electrons. The number of halogens is 1. The zero-order valence-electron chi connectivity index (χ0n) is 11.3. The number of nitrogens with zero attached hydrogens (tertiary/aromatic N) is 1. The summed E-state index contributed by atoms with van der Waals surface area (Å²) in [6.07, 6.45) is 1.41. The summed E-state index contributed by atoms with van der Waals surface area (Å²) in [5.74, 6) is 0.106. The van der Waals surface area contributed by atoms with Gasteiger partial charge < -0.3 is 16.0 Å². The van der Waals surface area contributed by atoms with Crippen molar-refractivity contribution in [2.75, 3.05) is 13.1 Å². The molecule has 0 radical (unpaired) electrons. The third-order valence-electron chi connectivity index (χ3n) is 3.09. The number of amides is 2. The Morgan fingerprint density at radius 3 is 2.44 bits per heavy atom. The van der Waals surface area contributed by atoms with Crippen LogP contribution in [0.3, 0.4) is 0 Å². The van der Waals surface area contributed by atoms with Crippen LogP contribution in [0.4, 0.5) is 0 Å². The van der Waals surface area contributed by atoms with Crippen LogP contribution in [0, 0.1) is 5.92 Å². The number of nitrogens with two attached hydrogens (primary N) is 1. The molecule has 1 unspecified atom stereocenters. The molecule has 1 rings (SSSR count). The highest BCUT2D eigenvalue weighted by atomic mass is 35.5. The van der Waals surface area contributed by atoms with E-state index in [1.807, 2.05) is 20.8 Å². The van der Waals surface area contributed by atoms with Crippen molar-refractivity contribution >= 4 is 24.2 Å². The predicted molar refractivity (Wildman–Crippen MR) is 73.5 cm³/mol. The van der Waals surface area contributed by atoms with Crippen molar-refractivity contribution in [3.8, 4) is 0 Å². The smallest absolute Gasteiger partial charge is 0.243 e. The first-order valence-corrected chi connectivity index (χ1v) is 6.27. The van der Waals surface area contributed by atoms with Crippen molar-refractivity contribution in [1.29, 1.82) is 0 Å². The number of likely N-dealkylation sites (tertiary alicyclic amines) is 1. The van der Waals surface area contributed by atoms with Crippen LogP contribution in [-0.2, 0) is 9.59 Å². The van der Waals surface area contributed by atoms with E-state index in [1.165, 1.54) is 0 Å². The SMILES string of the molecule is CC(C)C(C(=O)N[C@@H](C)CN)N1CCCC1=O.Cl. The second-order valence-electron chi connectivity index (χ2n) is 5.02.